The Morgan fingerprint density at radius 2 is 1.36 bits per heavy atom. The van der Waals surface area contributed by atoms with Crippen LogP contribution in [0, 0.1) is 0 Å². The van der Waals surface area contributed by atoms with Crippen molar-refractivity contribution in [3.63, 3.8) is 0 Å². The van der Waals surface area contributed by atoms with Gasteiger partial charge in [-0.3, -0.25) is 13.6 Å². The summed E-state index contributed by atoms with van der Waals surface area (Å²) >= 11 is 0. The average molecular weight is 426 g/mol. The molecule has 0 aliphatic rings. The van der Waals surface area contributed by atoms with Crippen LogP contribution in [0.2, 0.25) is 0 Å². The van der Waals surface area contributed by atoms with Crippen molar-refractivity contribution in [2.45, 2.75) is 24.6 Å². The summed E-state index contributed by atoms with van der Waals surface area (Å²) in [7, 11) is -9.96. The molecule has 150 valence electrons. The highest BCUT2D eigenvalue weighted by Crippen LogP contribution is 2.62. The maximum atomic E-state index is 12.5. The number of hydrogen-bond acceptors (Lipinski definition) is 8. The molecule has 0 N–H and O–H groups in total. The Labute approximate surface area is 138 Å². The minimum Gasteiger partial charge on any atom is -0.466 e. The second kappa shape index (κ2) is 7.78. The maximum Gasteiger partial charge on any atom is 0.412 e. The van der Waals surface area contributed by atoms with E-state index in [2.05, 4.69) is 18.0 Å². The lowest BCUT2D eigenvalue weighted by Gasteiger charge is -2.32. The fourth-order valence-corrected chi connectivity index (χ4v) is 4.22. The number of carbonyl (C=O) groups excluding carboxylic acids is 1. The molecule has 0 saturated carbocycles. The third-order valence-corrected chi connectivity index (χ3v) is 5.21. The van der Waals surface area contributed by atoms with Crippen molar-refractivity contribution in [2.24, 2.45) is 0 Å². The number of methoxy groups -OCH3 is 1. The molecule has 0 fully saturated rings. The Hall–Kier alpha value is -0.890. The van der Waals surface area contributed by atoms with Crippen LogP contribution in [0.25, 0.3) is 0 Å². The van der Waals surface area contributed by atoms with Gasteiger partial charge in [-0.15, -0.1) is 0 Å². The molecule has 0 aromatic heterocycles. The van der Waals surface area contributed by atoms with Gasteiger partial charge in [-0.25, -0.2) is 8.98 Å². The lowest BCUT2D eigenvalue weighted by molar-refractivity contribution is -0.172. The smallest absolute Gasteiger partial charge is 0.412 e. The summed E-state index contributed by atoms with van der Waals surface area (Å²) in [6, 6.07) is 0. The second-order valence-corrected chi connectivity index (χ2v) is 8.48. The van der Waals surface area contributed by atoms with Crippen LogP contribution < -0.4 is 0 Å². The molecule has 0 amide bonds. The van der Waals surface area contributed by atoms with Gasteiger partial charge in [-0.1, -0.05) is 0 Å². The molecule has 1 atom stereocenters. The summed E-state index contributed by atoms with van der Waals surface area (Å²) in [5, 5.41) is -3.45. The zero-order valence-corrected chi connectivity index (χ0v) is 14.5. The molecule has 8 nitrogen and oxygen atoms in total. The van der Waals surface area contributed by atoms with Gasteiger partial charge in [0.25, 0.3) is 15.5 Å². The van der Waals surface area contributed by atoms with E-state index >= 15 is 0 Å². The third-order valence-electron chi connectivity index (χ3n) is 2.20. The normalized spacial score (nSPS) is 16.4. The van der Waals surface area contributed by atoms with Crippen molar-refractivity contribution in [1.82, 2.24) is 0 Å². The number of esters is 1. The van der Waals surface area contributed by atoms with Gasteiger partial charge in [0.05, 0.1) is 13.4 Å². The zero-order chi connectivity index (χ0) is 20.3. The number of alkyl halides is 6. The Morgan fingerprint density at radius 3 is 1.60 bits per heavy atom. The Morgan fingerprint density at radius 1 is 1.00 bits per heavy atom. The highest BCUT2D eigenvalue weighted by Gasteiger charge is 2.60. The average Bonchev–Trinajstić information content (AvgIpc) is 2.38. The van der Waals surface area contributed by atoms with Gasteiger partial charge >= 0.3 is 25.9 Å². The van der Waals surface area contributed by atoms with Crippen LogP contribution in [0.15, 0.2) is 0 Å². The summed E-state index contributed by atoms with van der Waals surface area (Å²) < 4.78 is 124. The summed E-state index contributed by atoms with van der Waals surface area (Å²) in [5.74, 6) is -1.90. The minimum atomic E-state index is -5.82. The lowest BCUT2D eigenvalue weighted by Crippen LogP contribution is -2.43. The molecular weight excluding hydrogens is 413 g/mol. The van der Waals surface area contributed by atoms with Gasteiger partial charge in [0.2, 0.25) is 0 Å². The van der Waals surface area contributed by atoms with Gasteiger partial charge in [-0.2, -0.15) is 34.8 Å². The third kappa shape index (κ3) is 7.90. The largest absolute Gasteiger partial charge is 0.466 e. The van der Waals surface area contributed by atoms with Crippen molar-refractivity contribution < 1.29 is 62.1 Å². The first-order valence-electron chi connectivity index (χ1n) is 5.87. The van der Waals surface area contributed by atoms with E-state index in [9.17, 15) is 44.1 Å². The van der Waals surface area contributed by atoms with Crippen molar-refractivity contribution >= 4 is 23.7 Å². The standard InChI is InChI=1S/C9H13F6O8PS/c1-7(6(16)20-2,23-25(3,18)19)24(17,21-4-8(10,11)12)22-5-9(13,14)15/h4-5H2,1-3H3. The molecule has 1 unspecified atom stereocenters. The van der Waals surface area contributed by atoms with Crippen LogP contribution in [0.4, 0.5) is 26.3 Å². The molecule has 0 spiro atoms. The van der Waals surface area contributed by atoms with Gasteiger partial charge < -0.3 is 4.74 Å². The molecule has 0 aromatic rings. The van der Waals surface area contributed by atoms with Crippen molar-refractivity contribution in [2.75, 3.05) is 26.6 Å². The van der Waals surface area contributed by atoms with Crippen LogP contribution >= 0.6 is 7.60 Å². The summed E-state index contributed by atoms with van der Waals surface area (Å²) in [5.41, 5.74) is 0. The van der Waals surface area contributed by atoms with Gasteiger partial charge in [0, 0.05) is 0 Å². The SMILES string of the molecule is COC(=O)C(C)(OS(C)(=O)=O)P(=O)(OCC(F)(F)F)OCC(F)(F)F. The molecule has 0 saturated heterocycles. The summed E-state index contributed by atoms with van der Waals surface area (Å²) in [6.07, 6.45) is -10.1. The van der Waals surface area contributed by atoms with E-state index in [0.29, 0.717) is 20.3 Å². The van der Waals surface area contributed by atoms with Gasteiger partial charge in [0.1, 0.15) is 0 Å². The fourth-order valence-electron chi connectivity index (χ4n) is 1.28. The van der Waals surface area contributed by atoms with E-state index in [-0.39, 0.29) is 0 Å². The molecule has 0 heterocycles. The van der Waals surface area contributed by atoms with Gasteiger partial charge in [0.15, 0.2) is 13.2 Å². The lowest BCUT2D eigenvalue weighted by atomic mass is 10.4. The van der Waals surface area contributed by atoms with Gasteiger partial charge in [-0.05, 0) is 6.92 Å². The van der Waals surface area contributed by atoms with E-state index in [4.69, 9.17) is 0 Å². The summed E-state index contributed by atoms with van der Waals surface area (Å²) in [4.78, 5) is 11.7. The van der Waals surface area contributed by atoms with E-state index < -0.39 is 54.6 Å². The molecular formula is C9H13F6O8PS. The second-order valence-electron chi connectivity index (χ2n) is 4.54. The zero-order valence-electron chi connectivity index (χ0n) is 12.8. The first-order valence-corrected chi connectivity index (χ1v) is 9.23. The van der Waals surface area contributed by atoms with Crippen molar-refractivity contribution in [3.8, 4) is 0 Å². The summed E-state index contributed by atoms with van der Waals surface area (Å²) in [6.45, 7) is -4.53. The fraction of sp³-hybridized carbons (Fsp3) is 0.889. The number of halogens is 6. The number of rotatable bonds is 8. The van der Waals surface area contributed by atoms with E-state index in [1.165, 1.54) is 0 Å². The highest BCUT2D eigenvalue weighted by atomic mass is 32.2. The molecule has 0 aliphatic heterocycles. The van der Waals surface area contributed by atoms with Crippen LogP contribution in [0.1, 0.15) is 6.92 Å². The van der Waals surface area contributed by atoms with E-state index in [1.807, 2.05) is 0 Å². The molecule has 25 heavy (non-hydrogen) atoms. The van der Waals surface area contributed by atoms with Crippen molar-refractivity contribution in [3.05, 3.63) is 0 Å². The van der Waals surface area contributed by atoms with Crippen LogP contribution in [-0.2, 0) is 37.4 Å². The Bertz CT molecular complexity index is 607. The van der Waals surface area contributed by atoms with Crippen LogP contribution in [-0.4, -0.2) is 58.7 Å². The molecule has 0 aliphatic carbocycles. The molecule has 0 rings (SSSR count). The minimum absolute atomic E-state index is 0.298. The first-order chi connectivity index (χ1) is 10.9. The predicted octanol–water partition coefficient (Wildman–Crippen LogP) is 2.20. The predicted molar refractivity (Wildman–Crippen MR) is 68.0 cm³/mol. The van der Waals surface area contributed by atoms with E-state index in [0.717, 1.165) is 0 Å². The van der Waals surface area contributed by atoms with Crippen LogP contribution in [0.5, 0.6) is 0 Å². The highest BCUT2D eigenvalue weighted by molar-refractivity contribution is 7.86. The molecule has 0 aromatic carbocycles. The monoisotopic (exact) mass is 426 g/mol. The maximum absolute atomic E-state index is 12.5. The number of carbonyl (C=O) groups is 1. The molecule has 0 bridgehead atoms. The Kier molecular flexibility index (Phi) is 7.50. The number of ether oxygens (including phenoxy) is 1. The Balaban J connectivity index is 6.07. The first kappa shape index (κ1) is 24.1. The van der Waals surface area contributed by atoms with Crippen LogP contribution in [0.3, 0.4) is 0 Å². The van der Waals surface area contributed by atoms with E-state index in [1.54, 1.807) is 0 Å². The number of hydrogen-bond donors (Lipinski definition) is 0. The molecule has 0 radical (unpaired) electrons. The quantitative estimate of drug-likeness (QED) is 0.252. The van der Waals surface area contributed by atoms with Crippen molar-refractivity contribution in [1.29, 1.82) is 0 Å². The topological polar surface area (TPSA) is 105 Å². The molecule has 16 heteroatoms.